The minimum atomic E-state index is -0.153. The van der Waals surface area contributed by atoms with Gasteiger partial charge in [0, 0.05) is 5.54 Å². The molecule has 7 heteroatoms. The molecule has 0 spiro atoms. The first-order valence-electron chi connectivity index (χ1n) is 8.68. The zero-order valence-electron chi connectivity index (χ0n) is 13.7. The molecule has 2 heterocycles. The molecule has 4 aliphatic carbocycles. The molecule has 1 amide bonds. The average Bonchev–Trinajstić information content (AvgIpc) is 3.16. The Balaban J connectivity index is 1.48. The highest BCUT2D eigenvalue weighted by Gasteiger charge is 2.60. The molecule has 2 atom stereocenters. The maximum Gasteiger partial charge on any atom is 0.254 e. The fourth-order valence-corrected chi connectivity index (χ4v) is 5.79. The highest BCUT2D eigenvalue weighted by Crippen LogP contribution is 2.60. The van der Waals surface area contributed by atoms with Crippen molar-refractivity contribution in [2.45, 2.75) is 56.5 Å². The topological polar surface area (TPSA) is 85.8 Å². The van der Waals surface area contributed by atoms with Crippen LogP contribution in [0.2, 0.25) is 0 Å². The minimum Gasteiger partial charge on any atom is -0.472 e. The van der Waals surface area contributed by atoms with Crippen molar-refractivity contribution in [2.75, 3.05) is 0 Å². The summed E-state index contributed by atoms with van der Waals surface area (Å²) < 4.78 is 5.06. The Kier molecular flexibility index (Phi) is 2.76. The average molecular weight is 327 g/mol. The van der Waals surface area contributed by atoms with Crippen molar-refractivity contribution < 1.29 is 9.21 Å². The molecule has 1 N–H and O–H groups in total. The highest BCUT2D eigenvalue weighted by molar-refractivity contribution is 5.94. The lowest BCUT2D eigenvalue weighted by Gasteiger charge is -2.61. The molecular weight excluding hydrogens is 306 g/mol. The number of nitrogens with one attached hydrogen (secondary N) is 1. The van der Waals surface area contributed by atoms with E-state index in [2.05, 4.69) is 20.7 Å². The van der Waals surface area contributed by atoms with Crippen LogP contribution in [0.5, 0.6) is 0 Å². The van der Waals surface area contributed by atoms with E-state index < -0.39 is 0 Å². The summed E-state index contributed by atoms with van der Waals surface area (Å²) in [6.07, 6.45) is 9.52. The molecule has 24 heavy (non-hydrogen) atoms. The second-order valence-electron chi connectivity index (χ2n) is 8.06. The van der Waals surface area contributed by atoms with Gasteiger partial charge >= 0.3 is 0 Å². The predicted octanol–water partition coefficient (Wildman–Crippen LogP) is 2.05. The van der Waals surface area contributed by atoms with Crippen molar-refractivity contribution >= 4 is 5.91 Å². The third-order valence-corrected chi connectivity index (χ3v) is 6.13. The van der Waals surface area contributed by atoms with Crippen molar-refractivity contribution in [3.63, 3.8) is 0 Å². The fourth-order valence-electron chi connectivity index (χ4n) is 5.79. The normalized spacial score (nSPS) is 36.9. The predicted molar refractivity (Wildman–Crippen MR) is 84.1 cm³/mol. The fraction of sp³-hybridized carbons (Fsp3) is 0.647. The van der Waals surface area contributed by atoms with Gasteiger partial charge in [-0.2, -0.15) is 4.80 Å². The maximum absolute atomic E-state index is 12.6. The van der Waals surface area contributed by atoms with Gasteiger partial charge in [0.05, 0.1) is 17.4 Å². The number of aryl methyl sites for hydroxylation is 1. The van der Waals surface area contributed by atoms with Gasteiger partial charge in [-0.05, 0) is 68.6 Å². The first kappa shape index (κ1) is 14.2. The SMILES string of the molecule is Cc1nnn(C23CC4CC(CC(NC(=O)c5ccoc5)(C4)C2)C3)n1. The Morgan fingerprint density at radius 3 is 2.75 bits per heavy atom. The van der Waals surface area contributed by atoms with Crippen molar-refractivity contribution in [3.8, 4) is 0 Å². The van der Waals surface area contributed by atoms with Crippen LogP contribution in [-0.4, -0.2) is 31.7 Å². The number of rotatable bonds is 3. The molecule has 0 aromatic carbocycles. The first-order valence-corrected chi connectivity index (χ1v) is 8.68. The number of nitrogens with zero attached hydrogens (tertiary/aromatic N) is 4. The highest BCUT2D eigenvalue weighted by atomic mass is 16.3. The van der Waals surface area contributed by atoms with E-state index in [1.165, 1.54) is 18.9 Å². The molecule has 0 saturated heterocycles. The zero-order valence-corrected chi connectivity index (χ0v) is 13.7. The smallest absolute Gasteiger partial charge is 0.254 e. The van der Waals surface area contributed by atoms with Gasteiger partial charge in [0.1, 0.15) is 6.26 Å². The number of carbonyl (C=O) groups is 1. The van der Waals surface area contributed by atoms with E-state index >= 15 is 0 Å². The van der Waals surface area contributed by atoms with Gasteiger partial charge in [-0.1, -0.05) is 0 Å². The van der Waals surface area contributed by atoms with Crippen molar-refractivity contribution in [1.29, 1.82) is 0 Å². The molecular formula is C17H21N5O2. The summed E-state index contributed by atoms with van der Waals surface area (Å²) in [7, 11) is 0. The molecule has 2 aromatic rings. The summed E-state index contributed by atoms with van der Waals surface area (Å²) >= 11 is 0. The summed E-state index contributed by atoms with van der Waals surface area (Å²) in [5.74, 6) is 1.93. The molecule has 2 aromatic heterocycles. The maximum atomic E-state index is 12.6. The number of carbonyl (C=O) groups excluding carboxylic acids is 1. The lowest BCUT2D eigenvalue weighted by atomic mass is 9.50. The van der Waals surface area contributed by atoms with Crippen LogP contribution in [0, 0.1) is 18.8 Å². The lowest BCUT2D eigenvalue weighted by molar-refractivity contribution is -0.0811. The standard InChI is InChI=1S/C17H21N5O2/c1-11-19-21-22(20-11)17-7-12-4-13(8-17)6-16(5-12,10-17)18-15(23)14-2-3-24-9-14/h2-3,9,12-13H,4-8,10H2,1H3,(H,18,23). The van der Waals surface area contributed by atoms with Gasteiger partial charge in [-0.3, -0.25) is 4.79 Å². The lowest BCUT2D eigenvalue weighted by Crippen LogP contribution is -2.66. The van der Waals surface area contributed by atoms with Crippen LogP contribution < -0.4 is 5.32 Å². The first-order chi connectivity index (χ1) is 11.6. The van der Waals surface area contributed by atoms with Crippen LogP contribution >= 0.6 is 0 Å². The monoisotopic (exact) mass is 327 g/mol. The summed E-state index contributed by atoms with van der Waals surface area (Å²) in [6.45, 7) is 1.88. The molecule has 7 nitrogen and oxygen atoms in total. The van der Waals surface area contributed by atoms with E-state index in [1.807, 2.05) is 11.7 Å². The van der Waals surface area contributed by atoms with E-state index in [-0.39, 0.29) is 17.0 Å². The molecule has 126 valence electrons. The van der Waals surface area contributed by atoms with Crippen molar-refractivity contribution in [1.82, 2.24) is 25.5 Å². The Labute approximate surface area is 139 Å². The van der Waals surface area contributed by atoms with Gasteiger partial charge in [0.15, 0.2) is 5.82 Å². The van der Waals surface area contributed by atoms with Crippen LogP contribution in [0.15, 0.2) is 23.0 Å². The zero-order chi connectivity index (χ0) is 16.4. The van der Waals surface area contributed by atoms with E-state index in [0.29, 0.717) is 23.2 Å². The minimum absolute atomic E-state index is 0.0384. The summed E-state index contributed by atoms with van der Waals surface area (Å²) in [5.41, 5.74) is 0.351. The van der Waals surface area contributed by atoms with Gasteiger partial charge in [-0.15, -0.1) is 10.2 Å². The van der Waals surface area contributed by atoms with Crippen LogP contribution in [0.3, 0.4) is 0 Å². The Hall–Kier alpha value is -2.18. The summed E-state index contributed by atoms with van der Waals surface area (Å²) in [6, 6.07) is 1.72. The molecule has 0 aliphatic heterocycles. The number of aromatic nitrogens is 4. The van der Waals surface area contributed by atoms with Gasteiger partial charge < -0.3 is 9.73 Å². The van der Waals surface area contributed by atoms with Crippen molar-refractivity contribution in [2.24, 2.45) is 11.8 Å². The number of amides is 1. The molecule has 0 radical (unpaired) electrons. The second-order valence-corrected chi connectivity index (χ2v) is 8.06. The number of tetrazole rings is 1. The van der Waals surface area contributed by atoms with E-state index in [9.17, 15) is 4.79 Å². The second kappa shape index (κ2) is 4.68. The number of hydrogen-bond acceptors (Lipinski definition) is 5. The van der Waals surface area contributed by atoms with Gasteiger partial charge in [-0.25, -0.2) is 0 Å². The third kappa shape index (κ3) is 2.03. The largest absolute Gasteiger partial charge is 0.472 e. The molecule has 4 bridgehead atoms. The Bertz CT molecular complexity index is 767. The molecule has 4 aliphatic rings. The summed E-state index contributed by atoms with van der Waals surface area (Å²) in [5, 5.41) is 16.3. The third-order valence-electron chi connectivity index (χ3n) is 6.13. The van der Waals surface area contributed by atoms with Crippen LogP contribution in [-0.2, 0) is 5.54 Å². The van der Waals surface area contributed by atoms with E-state index in [4.69, 9.17) is 4.42 Å². The van der Waals surface area contributed by atoms with Gasteiger partial charge in [0.2, 0.25) is 0 Å². The van der Waals surface area contributed by atoms with E-state index in [0.717, 1.165) is 32.1 Å². The van der Waals surface area contributed by atoms with Crippen LogP contribution in [0.4, 0.5) is 0 Å². The Morgan fingerprint density at radius 1 is 1.33 bits per heavy atom. The summed E-state index contributed by atoms with van der Waals surface area (Å²) in [4.78, 5) is 14.5. The molecule has 2 unspecified atom stereocenters. The quantitative estimate of drug-likeness (QED) is 0.932. The molecule has 4 fully saturated rings. The van der Waals surface area contributed by atoms with Crippen LogP contribution in [0.1, 0.15) is 54.7 Å². The van der Waals surface area contributed by atoms with E-state index in [1.54, 1.807) is 6.07 Å². The molecule has 6 rings (SSSR count). The Morgan fingerprint density at radius 2 is 2.12 bits per heavy atom. The van der Waals surface area contributed by atoms with Crippen LogP contribution in [0.25, 0.3) is 0 Å². The number of furan rings is 1. The number of hydrogen-bond donors (Lipinski definition) is 1. The van der Waals surface area contributed by atoms with Crippen molar-refractivity contribution in [3.05, 3.63) is 30.0 Å². The van der Waals surface area contributed by atoms with Gasteiger partial charge in [0.25, 0.3) is 5.91 Å². The molecule has 4 saturated carbocycles.